The Morgan fingerprint density at radius 2 is 1.91 bits per heavy atom. The molecule has 0 spiro atoms. The van der Waals surface area contributed by atoms with E-state index in [1.54, 1.807) is 6.07 Å². The van der Waals surface area contributed by atoms with Crippen molar-refractivity contribution in [3.63, 3.8) is 0 Å². The summed E-state index contributed by atoms with van der Waals surface area (Å²) in [4.78, 5) is 19.8. The predicted molar refractivity (Wildman–Crippen MR) is 131 cm³/mol. The second-order valence-electron chi connectivity index (χ2n) is 9.56. The Hall–Kier alpha value is -2.93. The Morgan fingerprint density at radius 1 is 1.12 bits per heavy atom. The summed E-state index contributed by atoms with van der Waals surface area (Å²) in [6.45, 7) is 4.15. The van der Waals surface area contributed by atoms with E-state index in [2.05, 4.69) is 38.2 Å². The van der Waals surface area contributed by atoms with Gasteiger partial charge in [-0.15, -0.1) is 0 Å². The van der Waals surface area contributed by atoms with E-state index < -0.39 is 0 Å². The Labute approximate surface area is 194 Å². The quantitative estimate of drug-likeness (QED) is 0.592. The number of fused-ring (bicyclic) bond motifs is 1. The van der Waals surface area contributed by atoms with E-state index in [-0.39, 0.29) is 12.5 Å². The molecular formula is C26H33N5O2. The minimum atomic E-state index is -0.189. The molecule has 0 unspecified atom stereocenters. The molecule has 1 amide bonds. The lowest BCUT2D eigenvalue weighted by atomic mass is 9.87. The van der Waals surface area contributed by atoms with Gasteiger partial charge in [0, 0.05) is 37.0 Å². The minimum absolute atomic E-state index is 0.189. The SMILES string of the molecule is Cc1cccc(C(=O)Nc2cc3cn([C@H]4CC[C@H](CO)CC4)nc3cc2N2CCCCC2)n1. The molecule has 1 saturated heterocycles. The van der Waals surface area contributed by atoms with Gasteiger partial charge >= 0.3 is 0 Å². The minimum Gasteiger partial charge on any atom is -0.396 e. The highest BCUT2D eigenvalue weighted by molar-refractivity contribution is 6.06. The average molecular weight is 448 g/mol. The van der Waals surface area contributed by atoms with Crippen LogP contribution >= 0.6 is 0 Å². The van der Waals surface area contributed by atoms with Crippen LogP contribution in [0.15, 0.2) is 36.5 Å². The fourth-order valence-electron chi connectivity index (χ4n) is 5.21. The number of aliphatic hydroxyl groups is 1. The van der Waals surface area contributed by atoms with Gasteiger partial charge in [0.2, 0.25) is 0 Å². The summed E-state index contributed by atoms with van der Waals surface area (Å²) in [5.74, 6) is 0.236. The van der Waals surface area contributed by atoms with Gasteiger partial charge < -0.3 is 15.3 Å². The van der Waals surface area contributed by atoms with Crippen LogP contribution in [-0.4, -0.2) is 45.5 Å². The van der Waals surface area contributed by atoms with Crippen molar-refractivity contribution in [3.8, 4) is 0 Å². The van der Waals surface area contributed by atoms with Gasteiger partial charge in [0.1, 0.15) is 5.69 Å². The number of piperidine rings is 1. The molecule has 2 aliphatic rings. The lowest BCUT2D eigenvalue weighted by Gasteiger charge is -2.30. The molecule has 1 saturated carbocycles. The van der Waals surface area contributed by atoms with Crippen LogP contribution in [0.2, 0.25) is 0 Å². The van der Waals surface area contributed by atoms with Crippen LogP contribution in [0.1, 0.15) is 67.2 Å². The van der Waals surface area contributed by atoms with Crippen LogP contribution in [0.5, 0.6) is 0 Å². The summed E-state index contributed by atoms with van der Waals surface area (Å²) >= 11 is 0. The Bertz CT molecular complexity index is 1130. The standard InChI is InChI=1S/C26H33N5O2/c1-18-6-5-7-22(27-18)26(33)28-24-14-20-16-31(21-10-8-19(17-32)9-11-21)29-23(20)15-25(24)30-12-3-2-4-13-30/h5-7,14-16,19,21,32H,2-4,8-13,17H2,1H3,(H,28,33)/t19-,21-. The Balaban J connectivity index is 1.47. The van der Waals surface area contributed by atoms with Gasteiger partial charge in [-0.3, -0.25) is 9.48 Å². The maximum Gasteiger partial charge on any atom is 0.274 e. The number of benzene rings is 1. The highest BCUT2D eigenvalue weighted by atomic mass is 16.3. The van der Waals surface area contributed by atoms with E-state index in [4.69, 9.17) is 5.10 Å². The molecule has 0 radical (unpaired) electrons. The highest BCUT2D eigenvalue weighted by Crippen LogP contribution is 2.36. The zero-order chi connectivity index (χ0) is 22.8. The second kappa shape index (κ2) is 9.51. The summed E-state index contributed by atoms with van der Waals surface area (Å²) < 4.78 is 2.10. The number of nitrogens with one attached hydrogen (secondary N) is 1. The van der Waals surface area contributed by atoms with Crippen molar-refractivity contribution in [2.24, 2.45) is 5.92 Å². The van der Waals surface area contributed by atoms with Gasteiger partial charge in [0.05, 0.1) is 22.9 Å². The Morgan fingerprint density at radius 3 is 2.64 bits per heavy atom. The van der Waals surface area contributed by atoms with Gasteiger partial charge in [0.15, 0.2) is 0 Å². The van der Waals surface area contributed by atoms with Gasteiger partial charge in [-0.1, -0.05) is 6.07 Å². The van der Waals surface area contributed by atoms with E-state index in [0.717, 1.165) is 79.6 Å². The van der Waals surface area contributed by atoms with Crippen molar-refractivity contribution < 1.29 is 9.90 Å². The topological polar surface area (TPSA) is 83.3 Å². The number of amides is 1. The van der Waals surface area contributed by atoms with Crippen molar-refractivity contribution >= 4 is 28.2 Å². The van der Waals surface area contributed by atoms with Crippen molar-refractivity contribution in [2.75, 3.05) is 29.9 Å². The number of nitrogens with zero attached hydrogens (tertiary/aromatic N) is 4. The van der Waals surface area contributed by atoms with Crippen LogP contribution in [0.4, 0.5) is 11.4 Å². The molecule has 2 fully saturated rings. The Kier molecular flexibility index (Phi) is 6.31. The molecule has 3 heterocycles. The first-order valence-electron chi connectivity index (χ1n) is 12.2. The van der Waals surface area contributed by atoms with E-state index in [1.807, 2.05) is 19.1 Å². The fraction of sp³-hybridized carbons (Fsp3) is 0.500. The normalized spacial score (nSPS) is 21.3. The molecule has 174 valence electrons. The first kappa shape index (κ1) is 21.9. The van der Waals surface area contributed by atoms with Gasteiger partial charge in [0.25, 0.3) is 5.91 Å². The summed E-state index contributed by atoms with van der Waals surface area (Å²) in [7, 11) is 0. The summed E-state index contributed by atoms with van der Waals surface area (Å²) in [5.41, 5.74) is 4.08. The molecule has 5 rings (SSSR count). The number of carbonyl (C=O) groups excluding carboxylic acids is 1. The first-order valence-corrected chi connectivity index (χ1v) is 12.2. The van der Waals surface area contributed by atoms with E-state index in [9.17, 15) is 9.90 Å². The number of aliphatic hydroxyl groups excluding tert-OH is 1. The summed E-state index contributed by atoms with van der Waals surface area (Å²) in [6, 6.07) is 10.1. The zero-order valence-corrected chi connectivity index (χ0v) is 19.3. The maximum atomic E-state index is 13.0. The molecule has 33 heavy (non-hydrogen) atoms. The molecule has 3 aromatic rings. The first-order chi connectivity index (χ1) is 16.1. The largest absolute Gasteiger partial charge is 0.396 e. The predicted octanol–water partition coefficient (Wildman–Crippen LogP) is 4.71. The zero-order valence-electron chi connectivity index (χ0n) is 19.3. The molecule has 0 atom stereocenters. The molecule has 1 aliphatic heterocycles. The number of hydrogen-bond acceptors (Lipinski definition) is 5. The molecule has 1 aliphatic carbocycles. The smallest absolute Gasteiger partial charge is 0.274 e. The third kappa shape index (κ3) is 4.74. The molecule has 7 nitrogen and oxygen atoms in total. The number of rotatable bonds is 5. The van der Waals surface area contributed by atoms with Crippen molar-refractivity contribution in [3.05, 3.63) is 47.9 Å². The third-order valence-corrected chi connectivity index (χ3v) is 7.15. The highest BCUT2D eigenvalue weighted by Gasteiger charge is 2.24. The van der Waals surface area contributed by atoms with E-state index in [0.29, 0.717) is 17.7 Å². The second-order valence-corrected chi connectivity index (χ2v) is 9.56. The number of hydrogen-bond donors (Lipinski definition) is 2. The number of anilines is 2. The number of aromatic nitrogens is 3. The molecule has 2 aromatic heterocycles. The van der Waals surface area contributed by atoms with Crippen LogP contribution < -0.4 is 10.2 Å². The van der Waals surface area contributed by atoms with Crippen molar-refractivity contribution in [1.82, 2.24) is 14.8 Å². The van der Waals surface area contributed by atoms with Gasteiger partial charge in [-0.25, -0.2) is 4.98 Å². The number of pyridine rings is 1. The lowest BCUT2D eigenvalue weighted by molar-refractivity contribution is 0.102. The fourth-order valence-corrected chi connectivity index (χ4v) is 5.21. The lowest BCUT2D eigenvalue weighted by Crippen LogP contribution is -2.30. The molecule has 7 heteroatoms. The van der Waals surface area contributed by atoms with Crippen LogP contribution in [0.3, 0.4) is 0 Å². The molecular weight excluding hydrogens is 414 g/mol. The van der Waals surface area contributed by atoms with Crippen molar-refractivity contribution in [2.45, 2.75) is 57.9 Å². The van der Waals surface area contributed by atoms with Crippen LogP contribution in [-0.2, 0) is 0 Å². The monoisotopic (exact) mass is 447 g/mol. The van der Waals surface area contributed by atoms with Gasteiger partial charge in [-0.2, -0.15) is 5.10 Å². The van der Waals surface area contributed by atoms with Crippen molar-refractivity contribution in [1.29, 1.82) is 0 Å². The van der Waals surface area contributed by atoms with E-state index >= 15 is 0 Å². The third-order valence-electron chi connectivity index (χ3n) is 7.15. The number of aryl methyl sites for hydroxylation is 1. The molecule has 1 aromatic carbocycles. The van der Waals surface area contributed by atoms with Crippen LogP contribution in [0.25, 0.3) is 10.9 Å². The van der Waals surface area contributed by atoms with Gasteiger partial charge in [-0.05, 0) is 82.1 Å². The summed E-state index contributed by atoms with van der Waals surface area (Å²) in [5, 5.41) is 18.6. The average Bonchev–Trinajstić information content (AvgIpc) is 3.27. The number of carbonyl (C=O) groups is 1. The molecule has 0 bridgehead atoms. The summed E-state index contributed by atoms with van der Waals surface area (Å²) in [6.07, 6.45) is 9.85. The van der Waals surface area contributed by atoms with Crippen LogP contribution in [0, 0.1) is 12.8 Å². The molecule has 2 N–H and O–H groups in total. The maximum absolute atomic E-state index is 13.0. The van der Waals surface area contributed by atoms with E-state index in [1.165, 1.54) is 6.42 Å².